The molecule has 42 heavy (non-hydrogen) atoms. The second kappa shape index (κ2) is 12.9. The minimum Gasteiger partial charge on any atom is -0.465 e. The molecule has 1 amide bonds. The van der Waals surface area contributed by atoms with Crippen molar-refractivity contribution < 1.29 is 28.4 Å². The number of nitrogens with one attached hydrogen (secondary N) is 1. The maximum atomic E-state index is 11.3. The summed E-state index contributed by atoms with van der Waals surface area (Å²) in [5.74, 6) is 1.06. The number of benzene rings is 2. The van der Waals surface area contributed by atoms with E-state index >= 15 is 0 Å². The number of furan rings is 2. The molecular weight excluding hydrogens is 546 g/mol. The van der Waals surface area contributed by atoms with E-state index in [0.29, 0.717) is 47.4 Å². The van der Waals surface area contributed by atoms with Gasteiger partial charge in [0.15, 0.2) is 11.5 Å². The Labute approximate surface area is 237 Å². The molecule has 0 saturated carbocycles. The Bertz CT molecular complexity index is 1600. The van der Waals surface area contributed by atoms with Gasteiger partial charge in [-0.05, 0) is 70.1 Å². The molecule has 15 heteroatoms. The van der Waals surface area contributed by atoms with Gasteiger partial charge >= 0.3 is 5.97 Å². The van der Waals surface area contributed by atoms with Gasteiger partial charge in [0.1, 0.15) is 0 Å². The SMILES string of the molecule is COC(=O)c1ccc(Cn2nnc(-c3ccco3)n2)cc1.O=C(NO)c1ccc(Cn2nnc(-c3ccco3)n2)cc1. The lowest BCUT2D eigenvalue weighted by Gasteiger charge is -2.02. The van der Waals surface area contributed by atoms with Gasteiger partial charge < -0.3 is 13.6 Å². The summed E-state index contributed by atoms with van der Waals surface area (Å²) < 4.78 is 15.0. The summed E-state index contributed by atoms with van der Waals surface area (Å²) in [6.45, 7) is 0.865. The van der Waals surface area contributed by atoms with E-state index in [1.807, 2.05) is 12.1 Å². The fraction of sp³-hybridized carbons (Fsp3) is 0.111. The van der Waals surface area contributed by atoms with Crippen LogP contribution in [0.4, 0.5) is 0 Å². The Balaban J connectivity index is 0.000000168. The van der Waals surface area contributed by atoms with Crippen molar-refractivity contribution in [2.45, 2.75) is 13.1 Å². The average molecular weight is 570 g/mol. The number of hydrogen-bond acceptors (Lipinski definition) is 12. The normalized spacial score (nSPS) is 10.5. The molecule has 0 saturated heterocycles. The molecule has 0 spiro atoms. The first-order chi connectivity index (χ1) is 20.5. The van der Waals surface area contributed by atoms with Gasteiger partial charge in [-0.25, -0.2) is 10.3 Å². The van der Waals surface area contributed by atoms with Gasteiger partial charge in [0, 0.05) is 5.56 Å². The fourth-order valence-electron chi connectivity index (χ4n) is 3.65. The highest BCUT2D eigenvalue weighted by Gasteiger charge is 2.11. The number of nitrogens with zero attached hydrogens (tertiary/aromatic N) is 8. The number of carbonyl (C=O) groups is 2. The standard InChI is InChI=1S/C14H12N4O3.C13H11N5O3/c1-20-14(19)11-6-4-10(5-7-11)9-18-16-13(15-17-18)12-3-2-8-21-12;19-13(16-20)10-5-3-9(4-6-10)8-18-15-12(14-17-18)11-2-1-7-21-11/h2-8H,9H2,1H3;1-7,20H,8H2,(H,16,19). The summed E-state index contributed by atoms with van der Waals surface area (Å²) in [7, 11) is 1.35. The zero-order valence-corrected chi connectivity index (χ0v) is 22.1. The number of esters is 1. The molecule has 4 aromatic heterocycles. The van der Waals surface area contributed by atoms with Crippen LogP contribution in [0.3, 0.4) is 0 Å². The van der Waals surface area contributed by atoms with Gasteiger partial charge in [-0.3, -0.25) is 10.0 Å². The number of aromatic nitrogens is 8. The van der Waals surface area contributed by atoms with Gasteiger partial charge in [0.2, 0.25) is 11.6 Å². The number of methoxy groups -OCH3 is 1. The Morgan fingerprint density at radius 2 is 1.24 bits per heavy atom. The third-order valence-corrected chi connectivity index (χ3v) is 5.73. The molecule has 0 fully saturated rings. The molecule has 212 valence electrons. The zero-order chi connectivity index (χ0) is 29.3. The lowest BCUT2D eigenvalue weighted by molar-refractivity contribution is 0.0600. The summed E-state index contributed by atoms with van der Waals surface area (Å²) in [4.78, 5) is 25.4. The largest absolute Gasteiger partial charge is 0.465 e. The molecule has 6 aromatic rings. The minimum atomic E-state index is -0.555. The zero-order valence-electron chi connectivity index (χ0n) is 22.1. The molecule has 0 bridgehead atoms. The number of hydroxylamine groups is 1. The quantitative estimate of drug-likeness (QED) is 0.155. The first-order valence-corrected chi connectivity index (χ1v) is 12.4. The topological polar surface area (TPSA) is 189 Å². The highest BCUT2D eigenvalue weighted by atomic mass is 16.5. The summed E-state index contributed by atoms with van der Waals surface area (Å²) >= 11 is 0. The Morgan fingerprint density at radius 3 is 1.64 bits per heavy atom. The van der Waals surface area contributed by atoms with Crippen LogP contribution in [0.2, 0.25) is 0 Å². The summed E-state index contributed by atoms with van der Waals surface area (Å²) in [5.41, 5.74) is 4.30. The van der Waals surface area contributed by atoms with Gasteiger partial charge in [0.05, 0.1) is 38.3 Å². The highest BCUT2D eigenvalue weighted by Crippen LogP contribution is 2.15. The van der Waals surface area contributed by atoms with Crippen LogP contribution in [0.25, 0.3) is 23.2 Å². The lowest BCUT2D eigenvalue weighted by Crippen LogP contribution is -2.18. The van der Waals surface area contributed by atoms with E-state index in [2.05, 4.69) is 35.6 Å². The van der Waals surface area contributed by atoms with Crippen LogP contribution in [0.1, 0.15) is 31.8 Å². The molecule has 0 aliphatic rings. The van der Waals surface area contributed by atoms with E-state index < -0.39 is 5.91 Å². The van der Waals surface area contributed by atoms with Crippen LogP contribution in [-0.2, 0) is 17.8 Å². The van der Waals surface area contributed by atoms with Gasteiger partial charge in [-0.15, -0.1) is 20.4 Å². The van der Waals surface area contributed by atoms with E-state index in [9.17, 15) is 9.59 Å². The molecule has 0 aliphatic heterocycles. The second-order valence-electron chi connectivity index (χ2n) is 8.57. The Morgan fingerprint density at radius 1 is 0.762 bits per heavy atom. The predicted octanol–water partition coefficient (Wildman–Crippen LogP) is 2.87. The van der Waals surface area contributed by atoms with Crippen LogP contribution >= 0.6 is 0 Å². The predicted molar refractivity (Wildman–Crippen MR) is 143 cm³/mol. The molecular formula is C27H23N9O6. The van der Waals surface area contributed by atoms with Crippen LogP contribution < -0.4 is 5.48 Å². The van der Waals surface area contributed by atoms with Crippen LogP contribution in [-0.4, -0.2) is 64.6 Å². The molecule has 0 atom stereocenters. The monoisotopic (exact) mass is 569 g/mol. The van der Waals surface area contributed by atoms with E-state index in [1.54, 1.807) is 78.7 Å². The van der Waals surface area contributed by atoms with E-state index in [-0.39, 0.29) is 5.97 Å². The number of hydrogen-bond donors (Lipinski definition) is 2. The Hall–Kier alpha value is -5.96. The van der Waals surface area contributed by atoms with Crippen LogP contribution in [0, 0.1) is 0 Å². The number of carbonyl (C=O) groups excluding carboxylic acids is 2. The Kier molecular flexibility index (Phi) is 8.50. The average Bonchev–Trinajstić information content (AvgIpc) is 3.85. The maximum absolute atomic E-state index is 11.3. The van der Waals surface area contributed by atoms with Crippen molar-refractivity contribution >= 4 is 11.9 Å². The third kappa shape index (κ3) is 6.78. The third-order valence-electron chi connectivity index (χ3n) is 5.73. The number of tetrazole rings is 2. The summed E-state index contributed by atoms with van der Waals surface area (Å²) in [5, 5.41) is 32.7. The first kappa shape index (κ1) is 27.6. The molecule has 6 rings (SSSR count). The molecule has 0 radical (unpaired) electrons. The number of rotatable bonds is 8. The van der Waals surface area contributed by atoms with Crippen molar-refractivity contribution in [3.8, 4) is 23.2 Å². The minimum absolute atomic E-state index is 0.361. The lowest BCUT2D eigenvalue weighted by atomic mass is 10.1. The smallest absolute Gasteiger partial charge is 0.337 e. The molecule has 2 N–H and O–H groups in total. The van der Waals surface area contributed by atoms with E-state index in [4.69, 9.17) is 14.0 Å². The summed E-state index contributed by atoms with van der Waals surface area (Å²) in [6, 6.07) is 20.8. The van der Waals surface area contributed by atoms with Gasteiger partial charge in [-0.1, -0.05) is 24.3 Å². The maximum Gasteiger partial charge on any atom is 0.337 e. The second-order valence-corrected chi connectivity index (χ2v) is 8.57. The fourth-order valence-corrected chi connectivity index (χ4v) is 3.65. The van der Waals surface area contributed by atoms with Crippen molar-refractivity contribution in [1.82, 2.24) is 45.9 Å². The van der Waals surface area contributed by atoms with Gasteiger partial charge in [-0.2, -0.15) is 9.59 Å². The number of amides is 1. The number of ether oxygens (including phenoxy) is 1. The molecule has 0 aliphatic carbocycles. The first-order valence-electron chi connectivity index (χ1n) is 12.4. The molecule has 2 aromatic carbocycles. The van der Waals surface area contributed by atoms with Crippen molar-refractivity contribution in [2.24, 2.45) is 0 Å². The summed E-state index contributed by atoms with van der Waals surface area (Å²) in [6.07, 6.45) is 3.10. The van der Waals surface area contributed by atoms with Crippen molar-refractivity contribution in [3.05, 3.63) is 108 Å². The molecule has 15 nitrogen and oxygen atoms in total. The van der Waals surface area contributed by atoms with Crippen molar-refractivity contribution in [1.29, 1.82) is 0 Å². The van der Waals surface area contributed by atoms with E-state index in [0.717, 1.165) is 11.1 Å². The van der Waals surface area contributed by atoms with Crippen molar-refractivity contribution in [3.63, 3.8) is 0 Å². The van der Waals surface area contributed by atoms with Crippen LogP contribution in [0.5, 0.6) is 0 Å². The van der Waals surface area contributed by atoms with Gasteiger partial charge in [0.25, 0.3) is 5.91 Å². The molecule has 0 unspecified atom stereocenters. The van der Waals surface area contributed by atoms with Crippen molar-refractivity contribution in [2.75, 3.05) is 7.11 Å². The van der Waals surface area contributed by atoms with Crippen LogP contribution in [0.15, 0.2) is 94.2 Å². The van der Waals surface area contributed by atoms with E-state index in [1.165, 1.54) is 16.7 Å². The highest BCUT2D eigenvalue weighted by molar-refractivity contribution is 5.93. The molecule has 4 heterocycles.